The van der Waals surface area contributed by atoms with E-state index in [1.165, 1.54) is 0 Å². The van der Waals surface area contributed by atoms with Crippen LogP contribution in [-0.2, 0) is 9.53 Å². The number of hydrogen-bond acceptors (Lipinski definition) is 4. The first-order valence-corrected chi connectivity index (χ1v) is 9.79. The Bertz CT molecular complexity index is 916. The number of ether oxygens (including phenoxy) is 2. The van der Waals surface area contributed by atoms with E-state index in [0.717, 1.165) is 17.2 Å². The van der Waals surface area contributed by atoms with Crippen molar-refractivity contribution in [2.24, 2.45) is 5.41 Å². The van der Waals surface area contributed by atoms with Gasteiger partial charge in [0.25, 0.3) is 0 Å². The molecule has 1 aromatic rings. The predicted molar refractivity (Wildman–Crippen MR) is 117 cm³/mol. The summed E-state index contributed by atoms with van der Waals surface area (Å²) in [5, 5.41) is 20.3. The van der Waals surface area contributed by atoms with Crippen LogP contribution in [0.5, 0.6) is 5.75 Å². The van der Waals surface area contributed by atoms with Crippen LogP contribution < -0.4 is 4.74 Å². The fraction of sp³-hybridized carbons (Fsp3) is 0.400. The highest BCUT2D eigenvalue weighted by atomic mass is 16.5. The van der Waals surface area contributed by atoms with Gasteiger partial charge in [0, 0.05) is 11.5 Å². The molecule has 0 bridgehead atoms. The van der Waals surface area contributed by atoms with Gasteiger partial charge in [-0.2, -0.15) is 0 Å². The van der Waals surface area contributed by atoms with Crippen molar-refractivity contribution >= 4 is 5.97 Å². The van der Waals surface area contributed by atoms with E-state index in [-0.39, 0.29) is 6.10 Å². The molecule has 3 atom stereocenters. The summed E-state index contributed by atoms with van der Waals surface area (Å²) in [6.07, 6.45) is 11.7. The standard InChI is InChI=1S/C25H30O5/c1-7-22(19-9-8-10-20(15-19)29-6)30-21-14-18(3)25(28,24(4,5)16-21)12-11-17(2)13-23(26)27/h1,8-15,21-22,28H,16H2,2-6H3,(H,26,27)/b12-11+,17-13-/t21-,22+,25-/m1/s1. The fourth-order valence-electron chi connectivity index (χ4n) is 3.79. The van der Waals surface area contributed by atoms with Crippen molar-refractivity contribution in [3.63, 3.8) is 0 Å². The lowest BCUT2D eigenvalue weighted by Gasteiger charge is -2.47. The molecule has 0 saturated heterocycles. The van der Waals surface area contributed by atoms with Crippen LogP contribution >= 0.6 is 0 Å². The van der Waals surface area contributed by atoms with Crippen molar-refractivity contribution < 1.29 is 24.5 Å². The minimum atomic E-state index is -1.23. The lowest BCUT2D eigenvalue weighted by Crippen LogP contribution is -2.49. The number of aliphatic carboxylic acids is 1. The highest BCUT2D eigenvalue weighted by Gasteiger charge is 2.47. The first kappa shape index (κ1) is 23.5. The van der Waals surface area contributed by atoms with Crippen LogP contribution in [0.3, 0.4) is 0 Å². The van der Waals surface area contributed by atoms with Crippen molar-refractivity contribution in [2.75, 3.05) is 7.11 Å². The van der Waals surface area contributed by atoms with Crippen LogP contribution in [0, 0.1) is 17.8 Å². The molecule has 1 aromatic carbocycles. The van der Waals surface area contributed by atoms with E-state index in [2.05, 4.69) is 5.92 Å². The average Bonchev–Trinajstić information content (AvgIpc) is 2.68. The van der Waals surface area contributed by atoms with E-state index in [4.69, 9.17) is 21.0 Å². The van der Waals surface area contributed by atoms with Crippen molar-refractivity contribution in [3.8, 4) is 18.1 Å². The Morgan fingerprint density at radius 3 is 2.67 bits per heavy atom. The van der Waals surface area contributed by atoms with Gasteiger partial charge in [0.15, 0.2) is 0 Å². The molecular weight excluding hydrogens is 380 g/mol. The molecule has 0 unspecified atom stereocenters. The Kier molecular flexibility index (Phi) is 7.30. The summed E-state index contributed by atoms with van der Waals surface area (Å²) in [5.74, 6) is 2.37. The van der Waals surface area contributed by atoms with Crippen LogP contribution in [0.1, 0.15) is 45.8 Å². The van der Waals surface area contributed by atoms with E-state index in [9.17, 15) is 9.90 Å². The largest absolute Gasteiger partial charge is 0.497 e. The second-order valence-electron chi connectivity index (χ2n) is 8.26. The number of methoxy groups -OCH3 is 1. The van der Waals surface area contributed by atoms with Gasteiger partial charge >= 0.3 is 5.97 Å². The molecule has 1 aliphatic carbocycles. The maximum absolute atomic E-state index is 11.4. The van der Waals surface area contributed by atoms with Crippen molar-refractivity contribution in [1.82, 2.24) is 0 Å². The average molecular weight is 411 g/mol. The molecule has 0 aromatic heterocycles. The SMILES string of the molecule is C#C[C@H](O[C@@H]1C=C(C)[C@](O)(/C=C/C(C)=C\C(=O)O)C(C)(C)C1)c1cccc(OC)c1. The van der Waals surface area contributed by atoms with E-state index in [1.54, 1.807) is 26.2 Å². The highest BCUT2D eigenvalue weighted by Crippen LogP contribution is 2.46. The molecule has 0 amide bonds. The predicted octanol–water partition coefficient (Wildman–Crippen LogP) is 4.45. The maximum atomic E-state index is 11.4. The molecule has 0 saturated carbocycles. The summed E-state index contributed by atoms with van der Waals surface area (Å²) in [4.78, 5) is 10.8. The molecule has 2 rings (SSSR count). The van der Waals surface area contributed by atoms with Gasteiger partial charge in [0.2, 0.25) is 0 Å². The first-order valence-electron chi connectivity index (χ1n) is 9.79. The summed E-state index contributed by atoms with van der Waals surface area (Å²) in [7, 11) is 1.60. The molecule has 0 aliphatic heterocycles. The summed E-state index contributed by atoms with van der Waals surface area (Å²) < 4.78 is 11.5. The van der Waals surface area contributed by atoms with Gasteiger partial charge in [-0.1, -0.05) is 44.1 Å². The van der Waals surface area contributed by atoms with Gasteiger partial charge in [-0.05, 0) is 55.2 Å². The Labute approximate surface area is 178 Å². The molecule has 1 aliphatic rings. The Morgan fingerprint density at radius 1 is 1.40 bits per heavy atom. The molecule has 160 valence electrons. The molecule has 30 heavy (non-hydrogen) atoms. The number of rotatable bonds is 7. The molecule has 5 nitrogen and oxygen atoms in total. The lowest BCUT2D eigenvalue weighted by atomic mass is 9.64. The van der Waals surface area contributed by atoms with Crippen molar-refractivity contribution in [2.45, 2.75) is 51.9 Å². The number of carbonyl (C=O) groups is 1. The van der Waals surface area contributed by atoms with E-state index < -0.39 is 23.1 Å². The normalized spacial score (nSPS) is 24.8. The summed E-state index contributed by atoms with van der Waals surface area (Å²) in [5.41, 5.74) is 0.301. The first-order chi connectivity index (χ1) is 14.0. The van der Waals surface area contributed by atoms with Gasteiger partial charge in [0.1, 0.15) is 17.5 Å². The minimum Gasteiger partial charge on any atom is -0.497 e. The zero-order valence-corrected chi connectivity index (χ0v) is 18.2. The van der Waals surface area contributed by atoms with Gasteiger partial charge in [-0.3, -0.25) is 0 Å². The smallest absolute Gasteiger partial charge is 0.328 e. The van der Waals surface area contributed by atoms with E-state index >= 15 is 0 Å². The Hall–Kier alpha value is -2.81. The van der Waals surface area contributed by atoms with Crippen molar-refractivity contribution in [1.29, 1.82) is 0 Å². The molecule has 2 N–H and O–H groups in total. The second-order valence-corrected chi connectivity index (χ2v) is 8.26. The zero-order valence-electron chi connectivity index (χ0n) is 18.2. The van der Waals surface area contributed by atoms with Crippen LogP contribution in [0.25, 0.3) is 0 Å². The number of aliphatic hydroxyl groups is 1. The molecular formula is C25H30O5. The van der Waals surface area contributed by atoms with Crippen LogP contribution in [0.4, 0.5) is 0 Å². The fourth-order valence-corrected chi connectivity index (χ4v) is 3.79. The lowest BCUT2D eigenvalue weighted by molar-refractivity contribution is -0.131. The number of allylic oxidation sites excluding steroid dienone is 2. The number of carboxylic acid groups (broad SMARTS) is 1. The summed E-state index contributed by atoms with van der Waals surface area (Å²) in [6.45, 7) is 7.43. The molecule has 0 fully saturated rings. The molecule has 0 heterocycles. The Morgan fingerprint density at radius 2 is 2.10 bits per heavy atom. The van der Waals surface area contributed by atoms with E-state index in [1.807, 2.05) is 51.1 Å². The number of hydrogen-bond donors (Lipinski definition) is 2. The summed E-state index contributed by atoms with van der Waals surface area (Å²) >= 11 is 0. The minimum absolute atomic E-state index is 0.281. The third-order valence-electron chi connectivity index (χ3n) is 5.58. The van der Waals surface area contributed by atoms with Crippen LogP contribution in [0.2, 0.25) is 0 Å². The van der Waals surface area contributed by atoms with Crippen LogP contribution in [0.15, 0.2) is 59.7 Å². The zero-order chi connectivity index (χ0) is 22.5. The Balaban J connectivity index is 2.28. The number of carboxylic acids is 1. The molecule has 0 radical (unpaired) electrons. The van der Waals surface area contributed by atoms with Gasteiger partial charge in [-0.15, -0.1) is 6.42 Å². The number of terminal acetylenes is 1. The third kappa shape index (κ3) is 5.21. The van der Waals surface area contributed by atoms with Crippen molar-refractivity contribution in [3.05, 3.63) is 65.3 Å². The monoisotopic (exact) mass is 410 g/mol. The quantitative estimate of drug-likeness (QED) is 0.301. The molecule has 5 heteroatoms. The topological polar surface area (TPSA) is 76.0 Å². The maximum Gasteiger partial charge on any atom is 0.328 e. The second kappa shape index (κ2) is 9.34. The van der Waals surface area contributed by atoms with Gasteiger partial charge < -0.3 is 19.7 Å². The van der Waals surface area contributed by atoms with E-state index in [0.29, 0.717) is 17.7 Å². The molecule has 0 spiro atoms. The third-order valence-corrected chi connectivity index (χ3v) is 5.58. The highest BCUT2D eigenvalue weighted by molar-refractivity contribution is 5.81. The number of benzene rings is 1. The van der Waals surface area contributed by atoms with Gasteiger partial charge in [-0.25, -0.2) is 4.79 Å². The summed E-state index contributed by atoms with van der Waals surface area (Å²) in [6, 6.07) is 7.46. The van der Waals surface area contributed by atoms with Crippen LogP contribution in [-0.4, -0.2) is 35.0 Å². The van der Waals surface area contributed by atoms with Gasteiger partial charge in [0.05, 0.1) is 13.2 Å².